The second kappa shape index (κ2) is 13.7. The largest absolute Gasteiger partial charge is 0.481 e. The number of carboxylic acids is 1. The van der Waals surface area contributed by atoms with Gasteiger partial charge in [-0.05, 0) is 36.2 Å². The lowest BCUT2D eigenvalue weighted by Crippen LogP contribution is -2.51. The highest BCUT2D eigenvalue weighted by molar-refractivity contribution is 5.87. The molecular formula is C26H40N2O4. The predicted molar refractivity (Wildman–Crippen MR) is 128 cm³/mol. The summed E-state index contributed by atoms with van der Waals surface area (Å²) in [5.74, 6) is -2.72. The second-order valence-corrected chi connectivity index (χ2v) is 9.70. The highest BCUT2D eigenvalue weighted by atomic mass is 16.4. The molecule has 0 saturated carbocycles. The Kier molecular flexibility index (Phi) is 11.7. The quantitative estimate of drug-likeness (QED) is 0.444. The third kappa shape index (κ3) is 10.1. The maximum Gasteiger partial charge on any atom is 0.307 e. The van der Waals surface area contributed by atoms with Gasteiger partial charge in [-0.1, -0.05) is 84.0 Å². The summed E-state index contributed by atoms with van der Waals surface area (Å²) in [6, 6.07) is 9.63. The Morgan fingerprint density at radius 1 is 0.938 bits per heavy atom. The number of benzene rings is 1. The maximum absolute atomic E-state index is 13.2. The van der Waals surface area contributed by atoms with Gasteiger partial charge in [0.1, 0.15) is 0 Å². The number of allylic oxidation sites excluding steroid dienone is 1. The molecule has 1 aromatic carbocycles. The number of aliphatic carboxylic acids is 1. The van der Waals surface area contributed by atoms with E-state index >= 15 is 0 Å². The van der Waals surface area contributed by atoms with Crippen LogP contribution in [0.3, 0.4) is 0 Å². The summed E-state index contributed by atoms with van der Waals surface area (Å²) in [5.41, 5.74) is 3.74. The zero-order chi connectivity index (χ0) is 24.3. The lowest BCUT2D eigenvalue weighted by atomic mass is 9.82. The lowest BCUT2D eigenvalue weighted by molar-refractivity contribution is -0.151. The van der Waals surface area contributed by atoms with Crippen LogP contribution >= 0.6 is 0 Å². The molecule has 0 aromatic heterocycles. The normalized spacial score (nSPS) is 13.5. The van der Waals surface area contributed by atoms with Gasteiger partial charge in [0.25, 0.3) is 0 Å². The molecule has 0 spiro atoms. The average molecular weight is 445 g/mol. The summed E-state index contributed by atoms with van der Waals surface area (Å²) in [5, 5.41) is 11.3. The molecule has 1 aromatic rings. The van der Waals surface area contributed by atoms with Crippen LogP contribution in [0, 0.1) is 29.6 Å². The molecule has 32 heavy (non-hydrogen) atoms. The van der Waals surface area contributed by atoms with Crippen LogP contribution in [0.15, 0.2) is 36.4 Å². The Bertz CT molecular complexity index is 756. The lowest BCUT2D eigenvalue weighted by Gasteiger charge is -2.30. The summed E-state index contributed by atoms with van der Waals surface area (Å²) in [6.45, 7) is 12.2. The molecule has 178 valence electrons. The first kappa shape index (κ1) is 27.4. The van der Waals surface area contributed by atoms with Crippen LogP contribution in [-0.4, -0.2) is 34.4 Å². The minimum atomic E-state index is -1.01. The number of nitrogens with one attached hydrogen (secondary N) is 1. The van der Waals surface area contributed by atoms with E-state index < -0.39 is 23.7 Å². The molecule has 0 fully saturated rings. The van der Waals surface area contributed by atoms with Crippen LogP contribution in [0.5, 0.6) is 0 Å². The van der Waals surface area contributed by atoms with Crippen molar-refractivity contribution < 1.29 is 19.5 Å². The molecule has 0 bridgehead atoms. The molecule has 0 radical (unpaired) electrons. The van der Waals surface area contributed by atoms with Crippen molar-refractivity contribution in [2.45, 2.75) is 60.8 Å². The summed E-state index contributed by atoms with van der Waals surface area (Å²) in [4.78, 5) is 38.1. The third-order valence-corrected chi connectivity index (χ3v) is 5.04. The summed E-state index contributed by atoms with van der Waals surface area (Å²) < 4.78 is 0. The van der Waals surface area contributed by atoms with Gasteiger partial charge in [0.05, 0.1) is 11.8 Å². The molecular weight excluding hydrogens is 404 g/mol. The molecule has 0 saturated heterocycles. The average Bonchev–Trinajstić information content (AvgIpc) is 2.68. The summed E-state index contributed by atoms with van der Waals surface area (Å²) in [7, 11) is 0. The SMILES string of the molecule is CC(C)CC(=O)N(CC(C)C)NC(=O)[C@H](CC(C)C)[C@H](CC=Cc1ccccc1)C(=O)O. The predicted octanol–water partition coefficient (Wildman–Crippen LogP) is 5.01. The molecule has 1 rings (SSSR count). The van der Waals surface area contributed by atoms with Crippen molar-refractivity contribution in [3.05, 3.63) is 42.0 Å². The van der Waals surface area contributed by atoms with E-state index in [0.29, 0.717) is 19.4 Å². The Hall–Kier alpha value is -2.63. The fourth-order valence-corrected chi connectivity index (χ4v) is 3.56. The van der Waals surface area contributed by atoms with Crippen molar-refractivity contribution in [1.29, 1.82) is 0 Å². The van der Waals surface area contributed by atoms with E-state index in [9.17, 15) is 19.5 Å². The molecule has 0 aliphatic rings. The Morgan fingerprint density at radius 3 is 2.06 bits per heavy atom. The van der Waals surface area contributed by atoms with Crippen molar-refractivity contribution in [3.63, 3.8) is 0 Å². The Morgan fingerprint density at radius 2 is 1.56 bits per heavy atom. The van der Waals surface area contributed by atoms with Gasteiger partial charge in [-0.15, -0.1) is 0 Å². The van der Waals surface area contributed by atoms with Crippen LogP contribution in [0.25, 0.3) is 6.08 Å². The van der Waals surface area contributed by atoms with E-state index in [1.165, 1.54) is 5.01 Å². The van der Waals surface area contributed by atoms with E-state index in [-0.39, 0.29) is 30.1 Å². The first-order chi connectivity index (χ1) is 15.0. The van der Waals surface area contributed by atoms with Gasteiger partial charge in [0.2, 0.25) is 11.8 Å². The van der Waals surface area contributed by atoms with E-state index in [2.05, 4.69) is 5.43 Å². The Balaban J connectivity index is 3.06. The van der Waals surface area contributed by atoms with Crippen molar-refractivity contribution in [2.24, 2.45) is 29.6 Å². The van der Waals surface area contributed by atoms with Gasteiger partial charge in [0, 0.05) is 13.0 Å². The topological polar surface area (TPSA) is 86.7 Å². The van der Waals surface area contributed by atoms with Crippen LogP contribution in [-0.2, 0) is 14.4 Å². The molecule has 2 amide bonds. The number of carboxylic acid groups (broad SMARTS) is 1. The van der Waals surface area contributed by atoms with Gasteiger partial charge in [-0.3, -0.25) is 24.8 Å². The fraction of sp³-hybridized carbons (Fsp3) is 0.577. The van der Waals surface area contributed by atoms with Gasteiger partial charge in [0.15, 0.2) is 0 Å². The highest BCUT2D eigenvalue weighted by Crippen LogP contribution is 2.26. The first-order valence-corrected chi connectivity index (χ1v) is 11.6. The van der Waals surface area contributed by atoms with Gasteiger partial charge in [-0.25, -0.2) is 0 Å². The number of rotatable bonds is 12. The fourth-order valence-electron chi connectivity index (χ4n) is 3.56. The third-order valence-electron chi connectivity index (χ3n) is 5.04. The van der Waals surface area contributed by atoms with E-state index in [0.717, 1.165) is 5.56 Å². The van der Waals surface area contributed by atoms with E-state index in [1.54, 1.807) is 0 Å². The monoisotopic (exact) mass is 444 g/mol. The smallest absolute Gasteiger partial charge is 0.307 e. The molecule has 6 heteroatoms. The zero-order valence-electron chi connectivity index (χ0n) is 20.4. The summed E-state index contributed by atoms with van der Waals surface area (Å²) >= 11 is 0. The maximum atomic E-state index is 13.2. The standard InChI is InChI=1S/C26H40N2O4/c1-18(2)15-23(22(26(31)32)14-10-13-21-11-8-7-9-12-21)25(30)27-28(17-20(5)6)24(29)16-19(3)4/h7-13,18-20,22-23H,14-17H2,1-6H3,(H,27,30)(H,31,32)/t22-,23+/m0/s1. The second-order valence-electron chi connectivity index (χ2n) is 9.70. The van der Waals surface area contributed by atoms with Crippen LogP contribution < -0.4 is 5.43 Å². The van der Waals surface area contributed by atoms with Crippen molar-refractivity contribution in [2.75, 3.05) is 6.54 Å². The zero-order valence-corrected chi connectivity index (χ0v) is 20.4. The number of carbonyl (C=O) groups is 3. The first-order valence-electron chi connectivity index (χ1n) is 11.6. The molecule has 2 atom stereocenters. The van der Waals surface area contributed by atoms with Crippen LogP contribution in [0.2, 0.25) is 0 Å². The minimum Gasteiger partial charge on any atom is -0.481 e. The van der Waals surface area contributed by atoms with Crippen LogP contribution in [0.4, 0.5) is 0 Å². The number of nitrogens with zero attached hydrogens (tertiary/aromatic N) is 1. The van der Waals surface area contributed by atoms with Gasteiger partial charge < -0.3 is 5.11 Å². The highest BCUT2D eigenvalue weighted by Gasteiger charge is 2.35. The van der Waals surface area contributed by atoms with Crippen molar-refractivity contribution in [3.8, 4) is 0 Å². The van der Waals surface area contributed by atoms with E-state index in [4.69, 9.17) is 0 Å². The number of hydrazine groups is 1. The molecule has 2 N–H and O–H groups in total. The molecule has 6 nitrogen and oxygen atoms in total. The molecule has 0 heterocycles. The number of amides is 2. The number of hydrogen-bond acceptors (Lipinski definition) is 3. The van der Waals surface area contributed by atoms with Crippen molar-refractivity contribution >= 4 is 23.9 Å². The number of hydrogen-bond donors (Lipinski definition) is 2. The summed E-state index contributed by atoms with van der Waals surface area (Å²) in [6.07, 6.45) is 4.67. The van der Waals surface area contributed by atoms with Gasteiger partial charge in [-0.2, -0.15) is 0 Å². The Labute approximate surface area is 193 Å². The van der Waals surface area contributed by atoms with E-state index in [1.807, 2.05) is 84.0 Å². The number of carbonyl (C=O) groups excluding carboxylic acids is 2. The molecule has 0 aliphatic carbocycles. The van der Waals surface area contributed by atoms with Gasteiger partial charge >= 0.3 is 5.97 Å². The van der Waals surface area contributed by atoms with Crippen molar-refractivity contribution in [1.82, 2.24) is 10.4 Å². The minimum absolute atomic E-state index is 0.135. The molecule has 0 aliphatic heterocycles. The van der Waals surface area contributed by atoms with Crippen LogP contribution in [0.1, 0.15) is 66.4 Å². The molecule has 0 unspecified atom stereocenters.